The third kappa shape index (κ3) is 5.48. The minimum atomic E-state index is -4.56. The molecule has 0 aliphatic carbocycles. The van der Waals surface area contributed by atoms with Gasteiger partial charge in [0.2, 0.25) is 0 Å². The molecule has 0 amide bonds. The maximum atomic E-state index is 13.4. The topological polar surface area (TPSA) is 63.0 Å². The fourth-order valence-electron chi connectivity index (χ4n) is 2.21. The van der Waals surface area contributed by atoms with Gasteiger partial charge in [-0.3, -0.25) is 9.78 Å². The molecule has 0 saturated heterocycles. The summed E-state index contributed by atoms with van der Waals surface area (Å²) in [5.74, 6) is -3.67. The zero-order valence-corrected chi connectivity index (χ0v) is 13.8. The number of alkyl halides is 3. The maximum Gasteiger partial charge on any atom is 0.417 e. The number of nitriles is 1. The number of pyridine rings is 1. The highest BCUT2D eigenvalue weighted by molar-refractivity contribution is 5.87. The van der Waals surface area contributed by atoms with Gasteiger partial charge in [-0.05, 0) is 30.7 Å². The Morgan fingerprint density at radius 3 is 2.52 bits per heavy atom. The van der Waals surface area contributed by atoms with Crippen molar-refractivity contribution in [2.75, 3.05) is 6.61 Å². The van der Waals surface area contributed by atoms with Gasteiger partial charge < -0.3 is 4.74 Å². The first-order valence-electron chi connectivity index (χ1n) is 7.75. The summed E-state index contributed by atoms with van der Waals surface area (Å²) < 4.78 is 68.8. The molecule has 142 valence electrons. The highest BCUT2D eigenvalue weighted by Crippen LogP contribution is 2.29. The Bertz CT molecular complexity index is 844. The molecule has 1 aromatic carbocycles. The van der Waals surface area contributed by atoms with E-state index in [2.05, 4.69) is 4.98 Å². The molecular formula is C18H13F5N2O2. The number of carbonyl (C=O) groups is 1. The monoisotopic (exact) mass is 384 g/mol. The molecule has 0 bridgehead atoms. The van der Waals surface area contributed by atoms with Crippen molar-refractivity contribution in [2.24, 2.45) is 0 Å². The van der Waals surface area contributed by atoms with Crippen molar-refractivity contribution in [1.82, 2.24) is 4.98 Å². The van der Waals surface area contributed by atoms with Gasteiger partial charge >= 0.3 is 6.18 Å². The van der Waals surface area contributed by atoms with Gasteiger partial charge in [-0.15, -0.1) is 0 Å². The van der Waals surface area contributed by atoms with Crippen molar-refractivity contribution in [1.29, 1.82) is 5.26 Å². The summed E-state index contributed by atoms with van der Waals surface area (Å²) in [5.41, 5.74) is -1.06. The van der Waals surface area contributed by atoms with Gasteiger partial charge in [0.25, 0.3) is 0 Å². The number of rotatable bonds is 7. The van der Waals surface area contributed by atoms with Crippen LogP contribution in [-0.4, -0.2) is 17.4 Å². The molecule has 0 N–H and O–H groups in total. The Labute approximate surface area is 151 Å². The second-order valence-electron chi connectivity index (χ2n) is 5.52. The van der Waals surface area contributed by atoms with Crippen molar-refractivity contribution in [3.8, 4) is 11.8 Å². The summed E-state index contributed by atoms with van der Waals surface area (Å²) in [6.45, 7) is -0.0626. The van der Waals surface area contributed by atoms with E-state index < -0.39 is 35.1 Å². The number of Topliss-reactive ketones (excluding diaryl/α,β-unsaturated/α-hetero) is 1. The summed E-state index contributed by atoms with van der Waals surface area (Å²) in [6, 6.07) is 6.23. The summed E-state index contributed by atoms with van der Waals surface area (Å²) in [6.07, 6.45) is -3.99. The Morgan fingerprint density at radius 2 is 1.96 bits per heavy atom. The van der Waals surface area contributed by atoms with E-state index in [0.717, 1.165) is 24.3 Å². The van der Waals surface area contributed by atoms with E-state index in [-0.39, 0.29) is 30.9 Å². The zero-order chi connectivity index (χ0) is 20.0. The van der Waals surface area contributed by atoms with E-state index in [1.54, 1.807) is 6.07 Å². The van der Waals surface area contributed by atoms with Crippen LogP contribution >= 0.6 is 0 Å². The number of ether oxygens (including phenoxy) is 1. The number of halogens is 5. The first-order chi connectivity index (χ1) is 12.7. The molecule has 9 heteroatoms. The summed E-state index contributed by atoms with van der Waals surface area (Å²) >= 11 is 0. The second kappa shape index (κ2) is 8.58. The molecule has 4 nitrogen and oxygen atoms in total. The number of hydrogen-bond donors (Lipinski definition) is 0. The van der Waals surface area contributed by atoms with Crippen LogP contribution in [0.3, 0.4) is 0 Å². The van der Waals surface area contributed by atoms with Crippen molar-refractivity contribution < 1.29 is 31.5 Å². The van der Waals surface area contributed by atoms with Crippen LogP contribution in [0.15, 0.2) is 36.5 Å². The molecule has 0 fully saturated rings. The lowest BCUT2D eigenvalue weighted by Crippen LogP contribution is -2.14. The van der Waals surface area contributed by atoms with Gasteiger partial charge in [-0.2, -0.15) is 18.4 Å². The molecule has 1 heterocycles. The van der Waals surface area contributed by atoms with Gasteiger partial charge in [0.05, 0.1) is 23.9 Å². The van der Waals surface area contributed by atoms with Crippen molar-refractivity contribution >= 4 is 5.78 Å². The number of nitrogens with zero attached hydrogens (tertiary/aromatic N) is 2. The highest BCUT2D eigenvalue weighted by Gasteiger charge is 2.31. The Hall–Kier alpha value is -3.02. The van der Waals surface area contributed by atoms with E-state index in [9.17, 15) is 26.7 Å². The smallest absolute Gasteiger partial charge is 0.417 e. The second-order valence-corrected chi connectivity index (χ2v) is 5.52. The maximum absolute atomic E-state index is 13.4. The lowest BCUT2D eigenvalue weighted by atomic mass is 9.97. The average molecular weight is 384 g/mol. The van der Waals surface area contributed by atoms with Crippen LogP contribution < -0.4 is 4.74 Å². The van der Waals surface area contributed by atoms with Gasteiger partial charge in [-0.25, -0.2) is 8.78 Å². The highest BCUT2D eigenvalue weighted by atomic mass is 19.4. The number of benzene rings is 1. The van der Waals surface area contributed by atoms with E-state index >= 15 is 0 Å². The summed E-state index contributed by atoms with van der Waals surface area (Å²) in [4.78, 5) is 15.7. The van der Waals surface area contributed by atoms with Crippen molar-refractivity contribution in [2.45, 2.75) is 24.9 Å². The van der Waals surface area contributed by atoms with Gasteiger partial charge in [-0.1, -0.05) is 0 Å². The lowest BCUT2D eigenvalue weighted by molar-refractivity contribution is -0.137. The Morgan fingerprint density at radius 1 is 1.22 bits per heavy atom. The van der Waals surface area contributed by atoms with Crippen molar-refractivity contribution in [3.05, 3.63) is 59.4 Å². The summed E-state index contributed by atoms with van der Waals surface area (Å²) in [5, 5.41) is 9.13. The van der Waals surface area contributed by atoms with Crippen LogP contribution in [0.5, 0.6) is 5.75 Å². The Balaban J connectivity index is 1.90. The molecule has 0 aliphatic rings. The molecule has 0 saturated carbocycles. The van der Waals surface area contributed by atoms with E-state index in [1.165, 1.54) is 0 Å². The quantitative estimate of drug-likeness (QED) is 0.524. The number of carbonyl (C=O) groups excluding carboxylic acids is 1. The predicted molar refractivity (Wildman–Crippen MR) is 83.7 cm³/mol. The zero-order valence-electron chi connectivity index (χ0n) is 13.8. The normalized spacial score (nSPS) is 12.3. The number of hydrogen-bond acceptors (Lipinski definition) is 4. The molecule has 0 aliphatic heterocycles. The van der Waals surface area contributed by atoms with Crippen molar-refractivity contribution in [3.63, 3.8) is 0 Å². The summed E-state index contributed by atoms with van der Waals surface area (Å²) in [7, 11) is 0. The van der Waals surface area contributed by atoms with Gasteiger partial charge in [0.1, 0.15) is 11.7 Å². The lowest BCUT2D eigenvalue weighted by Gasteiger charge is -2.11. The van der Waals surface area contributed by atoms with Gasteiger partial charge in [0.15, 0.2) is 17.3 Å². The average Bonchev–Trinajstić information content (AvgIpc) is 2.60. The largest absolute Gasteiger partial charge is 0.491 e. The number of ketones is 1. The van der Waals surface area contributed by atoms with Crippen LogP contribution in [0.2, 0.25) is 0 Å². The molecule has 2 aromatic rings. The fourth-order valence-corrected chi connectivity index (χ4v) is 2.21. The van der Waals surface area contributed by atoms with E-state index in [1.807, 2.05) is 0 Å². The SMILES string of the molecule is N#CC(C(=O)CCCOc1ccc(F)cc1F)c1ccc(C(F)(F)F)cn1. The molecular weight excluding hydrogens is 371 g/mol. The molecule has 0 radical (unpaired) electrons. The van der Waals surface area contributed by atoms with E-state index in [0.29, 0.717) is 12.3 Å². The molecule has 27 heavy (non-hydrogen) atoms. The predicted octanol–water partition coefficient (Wildman–Crippen LogP) is 4.41. The molecule has 1 unspecified atom stereocenters. The standard InChI is InChI=1S/C18H13F5N2O2/c19-12-4-6-17(14(20)8-12)27-7-1-2-16(26)13(9-24)15-5-3-11(10-25-15)18(21,22)23/h3-6,8,10,13H,1-2,7H2. The van der Waals surface area contributed by atoms with Gasteiger partial charge in [0, 0.05) is 18.7 Å². The number of aromatic nitrogens is 1. The fraction of sp³-hybridized carbons (Fsp3) is 0.278. The third-order valence-corrected chi connectivity index (χ3v) is 3.58. The Kier molecular flexibility index (Phi) is 6.45. The van der Waals surface area contributed by atoms with Crippen LogP contribution in [0, 0.1) is 23.0 Å². The first-order valence-corrected chi connectivity index (χ1v) is 7.75. The third-order valence-electron chi connectivity index (χ3n) is 3.58. The van der Waals surface area contributed by atoms with Crippen LogP contribution in [0.1, 0.15) is 30.0 Å². The van der Waals surface area contributed by atoms with Crippen LogP contribution in [0.4, 0.5) is 22.0 Å². The minimum absolute atomic E-state index is 0.0626. The first kappa shape index (κ1) is 20.3. The molecule has 2 rings (SSSR count). The molecule has 1 aromatic heterocycles. The van der Waals surface area contributed by atoms with Crippen LogP contribution in [-0.2, 0) is 11.0 Å². The minimum Gasteiger partial charge on any atom is -0.491 e. The van der Waals surface area contributed by atoms with Crippen LogP contribution in [0.25, 0.3) is 0 Å². The molecule has 0 spiro atoms. The van der Waals surface area contributed by atoms with E-state index in [4.69, 9.17) is 10.00 Å². The molecule has 1 atom stereocenters.